The maximum atomic E-state index is 13.1. The van der Waals surface area contributed by atoms with Crippen LogP contribution in [0.25, 0.3) is 5.57 Å². The van der Waals surface area contributed by atoms with Gasteiger partial charge in [0.05, 0.1) is 26.5 Å². The van der Waals surface area contributed by atoms with Crippen molar-refractivity contribution in [3.05, 3.63) is 46.9 Å². The van der Waals surface area contributed by atoms with Gasteiger partial charge in [-0.05, 0) is 49.8 Å². The van der Waals surface area contributed by atoms with Crippen molar-refractivity contribution in [1.29, 1.82) is 0 Å². The highest BCUT2D eigenvalue weighted by atomic mass is 32.2. The second-order valence-corrected chi connectivity index (χ2v) is 8.47. The van der Waals surface area contributed by atoms with E-state index in [1.165, 1.54) is 21.3 Å². The van der Waals surface area contributed by atoms with Gasteiger partial charge in [-0.15, -0.1) is 0 Å². The Balaban J connectivity index is 2.05. The van der Waals surface area contributed by atoms with Crippen molar-refractivity contribution in [2.75, 3.05) is 37.5 Å². The summed E-state index contributed by atoms with van der Waals surface area (Å²) in [5.41, 5.74) is 1.76. The van der Waals surface area contributed by atoms with Gasteiger partial charge in [-0.3, -0.25) is 9.10 Å². The van der Waals surface area contributed by atoms with Gasteiger partial charge in [0, 0.05) is 24.4 Å². The molecule has 0 fully saturated rings. The van der Waals surface area contributed by atoms with Gasteiger partial charge in [0.25, 0.3) is 15.9 Å². The number of fused-ring (bicyclic) bond motifs is 1. The van der Waals surface area contributed by atoms with Crippen molar-refractivity contribution in [1.82, 2.24) is 0 Å². The first-order chi connectivity index (χ1) is 14.2. The highest BCUT2D eigenvalue weighted by Crippen LogP contribution is 2.44. The molecule has 30 heavy (non-hydrogen) atoms. The van der Waals surface area contributed by atoms with Crippen molar-refractivity contribution in [2.24, 2.45) is 0 Å². The molecule has 8 nitrogen and oxygen atoms in total. The monoisotopic (exact) mass is 432 g/mol. The standard InChI is InChI=1S/C21H24N2O6S/c1-6-29-15-9-7-14(8-10-15)22-21(24)20-13(2)16-11-18(27-4)19(28-5)12-17(16)23(3)30(20,25)26/h7-12H,6H2,1-5H3,(H,22,24). The summed E-state index contributed by atoms with van der Waals surface area (Å²) >= 11 is 0. The molecule has 2 aromatic rings. The molecule has 0 saturated heterocycles. The molecule has 0 atom stereocenters. The Bertz CT molecular complexity index is 1110. The number of nitrogens with one attached hydrogen (secondary N) is 1. The molecule has 0 aromatic heterocycles. The van der Waals surface area contributed by atoms with Gasteiger partial charge in [0.1, 0.15) is 5.75 Å². The first-order valence-electron chi connectivity index (χ1n) is 9.25. The first-order valence-corrected chi connectivity index (χ1v) is 10.7. The van der Waals surface area contributed by atoms with E-state index >= 15 is 0 Å². The highest BCUT2D eigenvalue weighted by Gasteiger charge is 2.38. The molecule has 2 aromatic carbocycles. The number of sulfonamides is 1. The van der Waals surface area contributed by atoms with E-state index < -0.39 is 15.9 Å². The molecule has 9 heteroatoms. The lowest BCUT2D eigenvalue weighted by molar-refractivity contribution is -0.112. The third-order valence-electron chi connectivity index (χ3n) is 4.83. The van der Waals surface area contributed by atoms with E-state index in [0.29, 0.717) is 46.4 Å². The van der Waals surface area contributed by atoms with E-state index in [4.69, 9.17) is 14.2 Å². The molecule has 1 amide bonds. The van der Waals surface area contributed by atoms with E-state index in [1.54, 1.807) is 43.3 Å². The van der Waals surface area contributed by atoms with Crippen molar-refractivity contribution >= 4 is 32.9 Å². The van der Waals surface area contributed by atoms with E-state index in [2.05, 4.69) is 5.32 Å². The number of methoxy groups -OCH3 is 2. The molecule has 1 N–H and O–H groups in total. The fraction of sp³-hybridized carbons (Fsp3) is 0.286. The summed E-state index contributed by atoms with van der Waals surface area (Å²) < 4.78 is 43.3. The molecule has 0 spiro atoms. The maximum absolute atomic E-state index is 13.1. The van der Waals surface area contributed by atoms with Gasteiger partial charge in [-0.2, -0.15) is 0 Å². The van der Waals surface area contributed by atoms with Crippen LogP contribution >= 0.6 is 0 Å². The van der Waals surface area contributed by atoms with Gasteiger partial charge in [0.2, 0.25) is 0 Å². The molecule has 0 bridgehead atoms. The highest BCUT2D eigenvalue weighted by molar-refractivity contribution is 7.97. The quantitative estimate of drug-likeness (QED) is 0.753. The summed E-state index contributed by atoms with van der Waals surface area (Å²) in [7, 11) is 0.298. The molecule has 0 aliphatic carbocycles. The number of rotatable bonds is 6. The summed E-state index contributed by atoms with van der Waals surface area (Å²) in [5, 5.41) is 2.66. The van der Waals surface area contributed by atoms with Crippen molar-refractivity contribution < 1.29 is 27.4 Å². The average Bonchev–Trinajstić information content (AvgIpc) is 2.72. The van der Waals surface area contributed by atoms with Crippen LogP contribution in [0.15, 0.2) is 41.3 Å². The van der Waals surface area contributed by atoms with Crippen LogP contribution in [0.4, 0.5) is 11.4 Å². The zero-order valence-corrected chi connectivity index (χ0v) is 18.3. The Hall–Kier alpha value is -3.20. The molecule has 0 unspecified atom stereocenters. The number of allylic oxidation sites excluding steroid dienone is 1. The van der Waals surface area contributed by atoms with Gasteiger partial charge >= 0.3 is 0 Å². The summed E-state index contributed by atoms with van der Waals surface area (Å²) in [6.45, 7) is 4.00. The number of ether oxygens (including phenoxy) is 3. The molecule has 1 aliphatic rings. The maximum Gasteiger partial charge on any atom is 0.269 e. The number of amides is 1. The molecule has 3 rings (SSSR count). The largest absolute Gasteiger partial charge is 0.494 e. The summed E-state index contributed by atoms with van der Waals surface area (Å²) in [5.74, 6) is 0.776. The predicted octanol–water partition coefficient (Wildman–Crippen LogP) is 3.25. The molecule has 1 heterocycles. The summed E-state index contributed by atoms with van der Waals surface area (Å²) in [6, 6.07) is 9.96. The zero-order chi connectivity index (χ0) is 22.1. The van der Waals surface area contributed by atoms with E-state index in [-0.39, 0.29) is 4.91 Å². The lowest BCUT2D eigenvalue weighted by Gasteiger charge is -2.30. The Morgan fingerprint density at radius 1 is 1.07 bits per heavy atom. The van der Waals surface area contributed by atoms with Crippen LogP contribution in [0.5, 0.6) is 17.2 Å². The number of hydrogen-bond acceptors (Lipinski definition) is 6. The summed E-state index contributed by atoms with van der Waals surface area (Å²) in [4.78, 5) is 12.7. The number of anilines is 2. The average molecular weight is 432 g/mol. The van der Waals surface area contributed by atoms with Gasteiger partial charge in [0.15, 0.2) is 16.4 Å². The van der Waals surface area contributed by atoms with Gasteiger partial charge in [-0.1, -0.05) is 0 Å². The third-order valence-corrected chi connectivity index (χ3v) is 6.76. The van der Waals surface area contributed by atoms with E-state index in [1.807, 2.05) is 6.92 Å². The van der Waals surface area contributed by atoms with Crippen molar-refractivity contribution in [2.45, 2.75) is 13.8 Å². The number of hydrogen-bond donors (Lipinski definition) is 1. The van der Waals surface area contributed by atoms with Gasteiger partial charge in [-0.25, -0.2) is 8.42 Å². The van der Waals surface area contributed by atoms with E-state index in [0.717, 1.165) is 4.31 Å². The Morgan fingerprint density at radius 3 is 2.23 bits per heavy atom. The fourth-order valence-electron chi connectivity index (χ4n) is 3.29. The van der Waals surface area contributed by atoms with Crippen LogP contribution in [0.3, 0.4) is 0 Å². The van der Waals surface area contributed by atoms with Gasteiger partial charge < -0.3 is 19.5 Å². The topological polar surface area (TPSA) is 94.2 Å². The fourth-order valence-corrected chi connectivity index (χ4v) is 4.75. The molecule has 160 valence electrons. The van der Waals surface area contributed by atoms with E-state index in [9.17, 15) is 13.2 Å². The number of carbonyl (C=O) groups is 1. The van der Waals surface area contributed by atoms with Crippen LogP contribution in [-0.2, 0) is 14.8 Å². The lowest BCUT2D eigenvalue weighted by atomic mass is 10.0. The van der Waals surface area contributed by atoms with Crippen molar-refractivity contribution in [3.63, 3.8) is 0 Å². The SMILES string of the molecule is CCOc1ccc(NC(=O)C2=C(C)c3cc(OC)c(OC)cc3N(C)S2(=O)=O)cc1. The Morgan fingerprint density at radius 2 is 1.67 bits per heavy atom. The minimum absolute atomic E-state index is 0.321. The number of nitrogens with zero attached hydrogens (tertiary/aromatic N) is 1. The minimum atomic E-state index is -4.07. The third kappa shape index (κ3) is 3.68. The predicted molar refractivity (Wildman–Crippen MR) is 116 cm³/mol. The van der Waals surface area contributed by atoms with Crippen LogP contribution < -0.4 is 23.8 Å². The summed E-state index contributed by atoms with van der Waals surface area (Å²) in [6.07, 6.45) is 0. The molecule has 0 saturated carbocycles. The van der Waals surface area contributed by atoms with Crippen LogP contribution in [0.1, 0.15) is 19.4 Å². The lowest BCUT2D eigenvalue weighted by Crippen LogP contribution is -2.36. The molecule has 1 aliphatic heterocycles. The first kappa shape index (κ1) is 21.5. The smallest absolute Gasteiger partial charge is 0.269 e. The van der Waals surface area contributed by atoms with Crippen LogP contribution in [0, 0.1) is 0 Å². The second kappa shape index (κ2) is 8.27. The normalized spacial score (nSPS) is 14.8. The molecular weight excluding hydrogens is 408 g/mol. The Labute approximate surface area is 176 Å². The zero-order valence-electron chi connectivity index (χ0n) is 17.5. The number of benzene rings is 2. The molecule has 0 radical (unpaired) electrons. The number of carbonyl (C=O) groups excluding carboxylic acids is 1. The van der Waals surface area contributed by atoms with Crippen LogP contribution in [0.2, 0.25) is 0 Å². The van der Waals surface area contributed by atoms with Crippen molar-refractivity contribution in [3.8, 4) is 17.2 Å². The Kier molecular flexibility index (Phi) is 5.93. The molecular formula is C21H24N2O6S. The second-order valence-electron chi connectivity index (χ2n) is 6.56. The minimum Gasteiger partial charge on any atom is -0.494 e. The van der Waals surface area contributed by atoms with Crippen LogP contribution in [-0.4, -0.2) is 42.2 Å².